The summed E-state index contributed by atoms with van der Waals surface area (Å²) in [5.74, 6) is -0.985. The minimum atomic E-state index is -0.985. The summed E-state index contributed by atoms with van der Waals surface area (Å²) in [5, 5.41) is 9.17. The molecule has 18 heavy (non-hydrogen) atoms. The van der Waals surface area contributed by atoms with E-state index in [2.05, 4.69) is 15.0 Å². The molecular weight excluding hydrogens is 232 g/mol. The number of nitrogens with zero attached hydrogens (tertiary/aromatic N) is 4. The van der Waals surface area contributed by atoms with E-state index in [0.717, 1.165) is 0 Å². The highest BCUT2D eigenvalue weighted by molar-refractivity contribution is 5.92. The molecule has 6 nitrogen and oxygen atoms in total. The maximum atomic E-state index is 11.2. The van der Waals surface area contributed by atoms with E-state index in [9.17, 15) is 9.90 Å². The molecule has 0 radical (unpaired) electrons. The number of hydrogen-bond acceptors (Lipinski definition) is 4. The van der Waals surface area contributed by atoms with E-state index in [-0.39, 0.29) is 5.56 Å². The topological polar surface area (TPSA) is 80.9 Å². The van der Waals surface area contributed by atoms with Crippen LogP contribution in [-0.4, -0.2) is 30.6 Å². The van der Waals surface area contributed by atoms with Gasteiger partial charge in [0.1, 0.15) is 18.2 Å². The van der Waals surface area contributed by atoms with Crippen LogP contribution in [0.1, 0.15) is 10.4 Å². The highest BCUT2D eigenvalue weighted by Gasteiger charge is 2.13. The average Bonchev–Trinajstić information content (AvgIpc) is 2.82. The van der Waals surface area contributed by atoms with E-state index in [1.165, 1.54) is 6.33 Å². The van der Waals surface area contributed by atoms with Gasteiger partial charge in [-0.15, -0.1) is 0 Å². The van der Waals surface area contributed by atoms with E-state index < -0.39 is 5.97 Å². The van der Waals surface area contributed by atoms with Crippen LogP contribution >= 0.6 is 0 Å². The summed E-state index contributed by atoms with van der Waals surface area (Å²) >= 11 is 0. The Morgan fingerprint density at radius 2 is 2.06 bits per heavy atom. The molecule has 0 amide bonds. The van der Waals surface area contributed by atoms with Crippen LogP contribution in [-0.2, 0) is 0 Å². The molecule has 0 atom stereocenters. The Labute approximate surface area is 102 Å². The van der Waals surface area contributed by atoms with Gasteiger partial charge in [0, 0.05) is 0 Å². The Bertz CT molecular complexity index is 736. The van der Waals surface area contributed by atoms with Crippen LogP contribution in [0.5, 0.6) is 0 Å². The number of carboxylic acids is 1. The molecule has 0 saturated heterocycles. The number of rotatable bonds is 2. The molecule has 1 aromatic carbocycles. The van der Waals surface area contributed by atoms with Crippen LogP contribution in [0.25, 0.3) is 16.9 Å². The molecule has 0 unspecified atom stereocenters. The number of benzene rings is 1. The quantitative estimate of drug-likeness (QED) is 0.734. The molecule has 1 N–H and O–H groups in total. The number of fused-ring (bicyclic) bond motifs is 1. The van der Waals surface area contributed by atoms with Gasteiger partial charge >= 0.3 is 5.97 Å². The van der Waals surface area contributed by atoms with Crippen molar-refractivity contribution in [2.75, 3.05) is 0 Å². The van der Waals surface area contributed by atoms with Crippen molar-refractivity contribution in [1.29, 1.82) is 0 Å². The van der Waals surface area contributed by atoms with Gasteiger partial charge in [-0.25, -0.2) is 19.7 Å². The molecule has 0 aliphatic rings. The molecule has 88 valence electrons. The highest BCUT2D eigenvalue weighted by atomic mass is 16.4. The first-order valence-corrected chi connectivity index (χ1v) is 5.23. The van der Waals surface area contributed by atoms with Crippen LogP contribution < -0.4 is 0 Å². The van der Waals surface area contributed by atoms with Gasteiger partial charge in [-0.3, -0.25) is 4.57 Å². The third kappa shape index (κ3) is 1.51. The molecule has 2 heterocycles. The summed E-state index contributed by atoms with van der Waals surface area (Å²) < 4.78 is 1.64. The van der Waals surface area contributed by atoms with Gasteiger partial charge in [0.15, 0.2) is 5.65 Å². The van der Waals surface area contributed by atoms with Gasteiger partial charge in [0.05, 0.1) is 17.4 Å². The lowest BCUT2D eigenvalue weighted by Crippen LogP contribution is -2.04. The minimum Gasteiger partial charge on any atom is -0.478 e. The summed E-state index contributed by atoms with van der Waals surface area (Å²) in [7, 11) is 0. The van der Waals surface area contributed by atoms with E-state index in [1.807, 2.05) is 0 Å². The first kappa shape index (κ1) is 10.4. The second-order valence-electron chi connectivity index (χ2n) is 3.67. The van der Waals surface area contributed by atoms with E-state index in [4.69, 9.17) is 0 Å². The summed E-state index contributed by atoms with van der Waals surface area (Å²) in [4.78, 5) is 23.3. The second kappa shape index (κ2) is 3.92. The second-order valence-corrected chi connectivity index (χ2v) is 3.67. The fourth-order valence-electron chi connectivity index (χ4n) is 1.81. The third-order valence-electron chi connectivity index (χ3n) is 2.61. The monoisotopic (exact) mass is 240 g/mol. The summed E-state index contributed by atoms with van der Waals surface area (Å²) in [6.45, 7) is 0. The molecular formula is C12H8N4O2. The van der Waals surface area contributed by atoms with Crippen molar-refractivity contribution in [3.8, 4) is 5.69 Å². The highest BCUT2D eigenvalue weighted by Crippen LogP contribution is 2.18. The normalized spacial score (nSPS) is 10.7. The zero-order valence-corrected chi connectivity index (χ0v) is 9.19. The van der Waals surface area contributed by atoms with Crippen LogP contribution in [0.2, 0.25) is 0 Å². The Kier molecular flexibility index (Phi) is 2.26. The molecule has 0 aliphatic heterocycles. The average molecular weight is 240 g/mol. The summed E-state index contributed by atoms with van der Waals surface area (Å²) in [5.41, 5.74) is 1.94. The van der Waals surface area contributed by atoms with Gasteiger partial charge in [-0.2, -0.15) is 0 Å². The van der Waals surface area contributed by atoms with Crippen molar-refractivity contribution in [3.05, 3.63) is 48.7 Å². The molecule has 0 fully saturated rings. The number of aromatic carboxylic acids is 1. The van der Waals surface area contributed by atoms with Crippen LogP contribution in [0, 0.1) is 0 Å². The molecule has 0 bridgehead atoms. The van der Waals surface area contributed by atoms with Crippen molar-refractivity contribution < 1.29 is 9.90 Å². The minimum absolute atomic E-state index is 0.204. The van der Waals surface area contributed by atoms with E-state index >= 15 is 0 Å². The van der Waals surface area contributed by atoms with E-state index in [1.54, 1.807) is 41.4 Å². The molecule has 3 aromatic rings. The Morgan fingerprint density at radius 3 is 2.89 bits per heavy atom. The molecule has 0 saturated carbocycles. The van der Waals surface area contributed by atoms with Crippen LogP contribution in [0.15, 0.2) is 43.1 Å². The number of imidazole rings is 1. The standard InChI is InChI=1S/C12H8N4O2/c17-12(18)8-3-1-2-4-10(8)16-7-15-9-5-13-6-14-11(9)16/h1-7H,(H,17,18). The molecule has 3 rings (SSSR count). The Hall–Kier alpha value is -2.76. The first-order chi connectivity index (χ1) is 8.77. The predicted molar refractivity (Wildman–Crippen MR) is 63.6 cm³/mol. The fourth-order valence-corrected chi connectivity index (χ4v) is 1.81. The largest absolute Gasteiger partial charge is 0.478 e. The Morgan fingerprint density at radius 1 is 1.22 bits per heavy atom. The van der Waals surface area contributed by atoms with Crippen LogP contribution in [0.4, 0.5) is 0 Å². The van der Waals surface area contributed by atoms with Crippen molar-refractivity contribution in [1.82, 2.24) is 19.5 Å². The SMILES string of the molecule is O=C(O)c1ccccc1-n1cnc2cncnc21. The third-order valence-corrected chi connectivity index (χ3v) is 2.61. The molecule has 0 aliphatic carbocycles. The zero-order valence-electron chi connectivity index (χ0n) is 9.19. The summed E-state index contributed by atoms with van der Waals surface area (Å²) in [6.07, 6.45) is 4.53. The van der Waals surface area contributed by atoms with E-state index in [0.29, 0.717) is 16.9 Å². The lowest BCUT2D eigenvalue weighted by molar-refractivity contribution is 0.0697. The fraction of sp³-hybridized carbons (Fsp3) is 0. The predicted octanol–water partition coefficient (Wildman–Crippen LogP) is 1.51. The molecule has 6 heteroatoms. The smallest absolute Gasteiger partial charge is 0.337 e. The lowest BCUT2D eigenvalue weighted by Gasteiger charge is -2.06. The lowest BCUT2D eigenvalue weighted by atomic mass is 10.2. The van der Waals surface area contributed by atoms with Crippen molar-refractivity contribution in [3.63, 3.8) is 0 Å². The van der Waals surface area contributed by atoms with Gasteiger partial charge in [-0.05, 0) is 12.1 Å². The maximum Gasteiger partial charge on any atom is 0.337 e. The van der Waals surface area contributed by atoms with Crippen molar-refractivity contribution >= 4 is 17.1 Å². The number of aromatic nitrogens is 4. The number of carboxylic acid groups (broad SMARTS) is 1. The number of para-hydroxylation sites is 1. The van der Waals surface area contributed by atoms with Gasteiger partial charge in [-0.1, -0.05) is 12.1 Å². The zero-order chi connectivity index (χ0) is 12.5. The maximum absolute atomic E-state index is 11.2. The van der Waals surface area contributed by atoms with Crippen molar-refractivity contribution in [2.45, 2.75) is 0 Å². The first-order valence-electron chi connectivity index (χ1n) is 5.23. The van der Waals surface area contributed by atoms with Gasteiger partial charge < -0.3 is 5.11 Å². The summed E-state index contributed by atoms with van der Waals surface area (Å²) in [6, 6.07) is 6.72. The molecule has 0 spiro atoms. The Balaban J connectivity index is 2.30. The number of hydrogen-bond donors (Lipinski definition) is 1. The van der Waals surface area contributed by atoms with Crippen molar-refractivity contribution in [2.24, 2.45) is 0 Å². The van der Waals surface area contributed by atoms with Crippen LogP contribution in [0.3, 0.4) is 0 Å². The number of carbonyl (C=O) groups is 1. The molecule has 2 aromatic heterocycles. The van der Waals surface area contributed by atoms with Gasteiger partial charge in [0.25, 0.3) is 0 Å². The van der Waals surface area contributed by atoms with Gasteiger partial charge in [0.2, 0.25) is 0 Å².